The van der Waals surface area contributed by atoms with E-state index in [1.165, 1.54) is 24.9 Å². The topological polar surface area (TPSA) is 110 Å². The molecule has 3 unspecified atom stereocenters. The third-order valence-electron chi connectivity index (χ3n) is 6.33. The first-order valence-corrected chi connectivity index (χ1v) is 10.7. The Labute approximate surface area is 197 Å². The number of anilines is 1. The molecule has 2 aromatic heterocycles. The van der Waals surface area contributed by atoms with Crippen LogP contribution in [0.4, 0.5) is 28.0 Å². The average Bonchev–Trinajstić information content (AvgIpc) is 3.08. The van der Waals surface area contributed by atoms with Crippen molar-refractivity contribution in [1.82, 2.24) is 29.7 Å². The molecule has 2 aromatic rings. The number of aromatic amines is 1. The quantitative estimate of drug-likeness (QED) is 0.551. The highest BCUT2D eigenvalue weighted by molar-refractivity contribution is 5.77. The van der Waals surface area contributed by atoms with E-state index in [-0.39, 0.29) is 24.4 Å². The van der Waals surface area contributed by atoms with E-state index in [2.05, 4.69) is 15.3 Å². The Balaban J connectivity index is 1.44. The highest BCUT2D eigenvalue weighted by atomic mass is 19.4. The van der Waals surface area contributed by atoms with E-state index in [0.29, 0.717) is 29.5 Å². The summed E-state index contributed by atoms with van der Waals surface area (Å²) in [6.07, 6.45) is -4.47. The fraction of sp³-hybridized carbons (Fsp3) is 0.476. The Hall–Kier alpha value is -3.55. The number of hydrogen-bond donors (Lipinski definition) is 3. The van der Waals surface area contributed by atoms with Crippen molar-refractivity contribution in [3.63, 3.8) is 0 Å². The number of urea groups is 1. The number of carbonyl (C=O) groups is 1. The second kappa shape index (κ2) is 8.91. The van der Waals surface area contributed by atoms with Gasteiger partial charge < -0.3 is 25.1 Å². The molecule has 0 spiro atoms. The molecule has 3 atom stereocenters. The van der Waals surface area contributed by atoms with Crippen molar-refractivity contribution in [2.24, 2.45) is 7.05 Å². The molecule has 0 saturated carbocycles. The first kappa shape index (κ1) is 24.6. The molecule has 0 aliphatic carbocycles. The third-order valence-corrected chi connectivity index (χ3v) is 6.33. The first-order valence-electron chi connectivity index (χ1n) is 10.7. The molecule has 0 aromatic carbocycles. The predicted octanol–water partition coefficient (Wildman–Crippen LogP) is 1.41. The molecule has 190 valence electrons. The summed E-state index contributed by atoms with van der Waals surface area (Å²) in [5.41, 5.74) is -0.114. The van der Waals surface area contributed by atoms with Gasteiger partial charge in [0.05, 0.1) is 41.3 Å². The summed E-state index contributed by atoms with van der Waals surface area (Å²) in [5, 5.41) is 12.5. The number of aryl methyl sites for hydroxylation is 1. The second-order valence-electron chi connectivity index (χ2n) is 8.63. The standard InChI is InChI=1S/C21H25F4N7O3/c1-29-9-11(21(23,24)25)6-14(18(29)33)27-19(34)30(2)15-4-5-32(10-13(15)22)12-7-16-17(26-8-12)28-20(35)31(16)3/h6-9,13,15,18,33H,4-5,10H2,1-3H3,(H,27,34)(H,26,28,35). The summed E-state index contributed by atoms with van der Waals surface area (Å²) in [5.74, 6) is 0. The number of likely N-dealkylation sites (N-methyl/N-ethyl adjacent to an activating group) is 1. The normalized spacial score (nSPS) is 23.3. The molecular weight excluding hydrogens is 474 g/mol. The van der Waals surface area contributed by atoms with Crippen LogP contribution >= 0.6 is 0 Å². The molecule has 2 aliphatic heterocycles. The lowest BCUT2D eigenvalue weighted by atomic mass is 10.0. The average molecular weight is 499 g/mol. The number of carbonyl (C=O) groups excluding carboxylic acids is 1. The Morgan fingerprint density at radius 1 is 1.34 bits per heavy atom. The van der Waals surface area contributed by atoms with Gasteiger partial charge in [0.25, 0.3) is 0 Å². The minimum Gasteiger partial charge on any atom is -0.368 e. The van der Waals surface area contributed by atoms with Crippen LogP contribution in [0, 0.1) is 0 Å². The predicted molar refractivity (Wildman–Crippen MR) is 119 cm³/mol. The van der Waals surface area contributed by atoms with E-state index in [1.807, 2.05) is 0 Å². The number of H-pyrrole nitrogens is 1. The first-order chi connectivity index (χ1) is 16.4. The van der Waals surface area contributed by atoms with E-state index in [0.717, 1.165) is 16.0 Å². The highest BCUT2D eigenvalue weighted by Crippen LogP contribution is 2.31. The molecule has 4 rings (SSSR count). The van der Waals surface area contributed by atoms with Crippen LogP contribution in [0.15, 0.2) is 40.6 Å². The molecule has 3 N–H and O–H groups in total. The second-order valence-corrected chi connectivity index (χ2v) is 8.63. The number of aromatic nitrogens is 3. The lowest BCUT2D eigenvalue weighted by Gasteiger charge is -2.40. The summed E-state index contributed by atoms with van der Waals surface area (Å²) in [6.45, 7) is 0.326. The van der Waals surface area contributed by atoms with Crippen LogP contribution < -0.4 is 15.9 Å². The molecule has 1 fully saturated rings. The number of aliphatic hydroxyl groups is 1. The zero-order valence-corrected chi connectivity index (χ0v) is 19.2. The number of pyridine rings is 1. The third kappa shape index (κ3) is 4.70. The van der Waals surface area contributed by atoms with Crippen molar-refractivity contribution in [3.8, 4) is 0 Å². The number of rotatable bonds is 3. The van der Waals surface area contributed by atoms with Crippen LogP contribution in [0.2, 0.25) is 0 Å². The van der Waals surface area contributed by atoms with Gasteiger partial charge in [-0.2, -0.15) is 13.2 Å². The molecule has 1 saturated heterocycles. The number of nitrogens with one attached hydrogen (secondary N) is 2. The number of imidazole rings is 1. The fourth-order valence-electron chi connectivity index (χ4n) is 4.23. The van der Waals surface area contributed by atoms with E-state index in [9.17, 15) is 27.9 Å². The molecule has 35 heavy (non-hydrogen) atoms. The van der Waals surface area contributed by atoms with Crippen molar-refractivity contribution >= 4 is 22.9 Å². The fourth-order valence-corrected chi connectivity index (χ4v) is 4.23. The van der Waals surface area contributed by atoms with Crippen molar-refractivity contribution in [1.29, 1.82) is 0 Å². The SMILES string of the molecule is CN1C=C(C(F)(F)F)C=C(NC(=O)N(C)C2CCN(c3cnc4[nH]c(=O)n(C)c4c3)CC2F)C1O. The Bertz CT molecular complexity index is 1250. The maximum atomic E-state index is 15.2. The van der Waals surface area contributed by atoms with Crippen LogP contribution in [0.25, 0.3) is 11.2 Å². The van der Waals surface area contributed by atoms with Gasteiger partial charge in [-0.3, -0.25) is 9.55 Å². The van der Waals surface area contributed by atoms with Gasteiger partial charge in [0.15, 0.2) is 11.9 Å². The maximum absolute atomic E-state index is 15.2. The van der Waals surface area contributed by atoms with Gasteiger partial charge in [0, 0.05) is 33.9 Å². The van der Waals surface area contributed by atoms with Gasteiger partial charge >= 0.3 is 17.9 Å². The molecule has 4 heterocycles. The summed E-state index contributed by atoms with van der Waals surface area (Å²) in [4.78, 5) is 35.1. The smallest absolute Gasteiger partial charge is 0.368 e. The van der Waals surface area contributed by atoms with Crippen molar-refractivity contribution in [3.05, 3.63) is 46.3 Å². The zero-order valence-electron chi connectivity index (χ0n) is 19.2. The number of allylic oxidation sites excluding steroid dienone is 2. The van der Waals surface area contributed by atoms with Crippen molar-refractivity contribution in [2.45, 2.75) is 31.0 Å². The van der Waals surface area contributed by atoms with Gasteiger partial charge in [0.2, 0.25) is 0 Å². The summed E-state index contributed by atoms with van der Waals surface area (Å²) >= 11 is 0. The van der Waals surface area contributed by atoms with Crippen molar-refractivity contribution in [2.75, 3.05) is 32.1 Å². The molecule has 0 radical (unpaired) electrons. The number of fused-ring (bicyclic) bond motifs is 1. The summed E-state index contributed by atoms with van der Waals surface area (Å²) in [7, 11) is 4.18. The van der Waals surface area contributed by atoms with Crippen LogP contribution in [-0.2, 0) is 7.05 Å². The van der Waals surface area contributed by atoms with Gasteiger partial charge in [-0.15, -0.1) is 0 Å². The highest BCUT2D eigenvalue weighted by Gasteiger charge is 2.38. The molecular formula is C21H25F4N7O3. The Morgan fingerprint density at radius 2 is 2.06 bits per heavy atom. The number of halogens is 4. The van der Waals surface area contributed by atoms with E-state index >= 15 is 4.39 Å². The number of nitrogens with zero attached hydrogens (tertiary/aromatic N) is 5. The molecule has 10 nitrogen and oxygen atoms in total. The number of hydrogen-bond acceptors (Lipinski definition) is 6. The minimum absolute atomic E-state index is 0.0527. The van der Waals surface area contributed by atoms with Gasteiger partial charge in [0.1, 0.15) is 6.17 Å². The zero-order chi connectivity index (χ0) is 25.7. The van der Waals surface area contributed by atoms with Crippen LogP contribution in [0.1, 0.15) is 6.42 Å². The van der Waals surface area contributed by atoms with Gasteiger partial charge in [-0.25, -0.2) is 19.0 Å². The molecule has 0 bridgehead atoms. The van der Waals surface area contributed by atoms with E-state index < -0.39 is 36.2 Å². The number of piperidine rings is 1. The lowest BCUT2D eigenvalue weighted by molar-refractivity contribution is -0.0911. The monoisotopic (exact) mass is 499 g/mol. The van der Waals surface area contributed by atoms with Crippen LogP contribution in [0.5, 0.6) is 0 Å². The molecule has 2 aliphatic rings. The summed E-state index contributed by atoms with van der Waals surface area (Å²) < 4.78 is 55.9. The van der Waals surface area contributed by atoms with E-state index in [1.54, 1.807) is 18.0 Å². The van der Waals surface area contributed by atoms with Crippen LogP contribution in [-0.4, -0.2) is 87.3 Å². The van der Waals surface area contributed by atoms with Crippen molar-refractivity contribution < 1.29 is 27.5 Å². The largest absolute Gasteiger partial charge is 0.417 e. The number of aliphatic hydroxyl groups excluding tert-OH is 1. The Kier molecular flexibility index (Phi) is 6.25. The van der Waals surface area contributed by atoms with Gasteiger partial charge in [-0.05, 0) is 18.6 Å². The van der Waals surface area contributed by atoms with Gasteiger partial charge in [-0.1, -0.05) is 0 Å². The maximum Gasteiger partial charge on any atom is 0.417 e. The molecule has 14 heteroatoms. The molecule has 2 amide bonds. The van der Waals surface area contributed by atoms with E-state index in [4.69, 9.17) is 0 Å². The number of amides is 2. The lowest BCUT2D eigenvalue weighted by Crippen LogP contribution is -2.55. The van der Waals surface area contributed by atoms with Crippen LogP contribution in [0.3, 0.4) is 0 Å². The Morgan fingerprint density at radius 3 is 2.71 bits per heavy atom. The number of alkyl halides is 4. The minimum atomic E-state index is -4.67. The summed E-state index contributed by atoms with van der Waals surface area (Å²) in [6, 6.07) is 0.0537.